The molecule has 1 rings (SSSR count). The number of carbonyl (C=O) groups is 2. The molecule has 1 aromatic rings. The Bertz CT molecular complexity index is 431. The lowest BCUT2D eigenvalue weighted by Gasteiger charge is -2.16. The van der Waals surface area contributed by atoms with Crippen LogP contribution in [0.25, 0.3) is 0 Å². The molecule has 1 aromatic carbocycles. The van der Waals surface area contributed by atoms with Crippen molar-refractivity contribution in [1.82, 2.24) is 5.32 Å². The number of hydrogen-bond acceptors (Lipinski definition) is 3. The van der Waals surface area contributed by atoms with Crippen LogP contribution < -0.4 is 5.32 Å². The van der Waals surface area contributed by atoms with Gasteiger partial charge in [0.05, 0.1) is 7.11 Å². The van der Waals surface area contributed by atoms with Crippen LogP contribution in [0.15, 0.2) is 24.3 Å². The Kier molecular flexibility index (Phi) is 6.36. The van der Waals surface area contributed by atoms with E-state index in [1.807, 2.05) is 6.92 Å². The Morgan fingerprint density at radius 1 is 1.32 bits per heavy atom. The molecule has 0 unspecified atom stereocenters. The molecule has 0 aliphatic carbocycles. The number of ether oxygens (including phenoxy) is 1. The minimum Gasteiger partial charge on any atom is -0.467 e. The molecule has 0 aromatic heterocycles. The molecule has 1 N–H and O–H groups in total. The number of nitrogens with one attached hydrogen (secondary N) is 1. The van der Waals surface area contributed by atoms with E-state index in [0.717, 1.165) is 12.8 Å². The first kappa shape index (κ1) is 15.5. The molecule has 0 fully saturated rings. The van der Waals surface area contributed by atoms with Crippen LogP contribution in [0.5, 0.6) is 0 Å². The minimum absolute atomic E-state index is 0.303. The SMILES string of the molecule is CCCC[C@@H](NC(=O)c1ccc(Cl)cc1)C(=O)OC. The van der Waals surface area contributed by atoms with Gasteiger partial charge in [0.15, 0.2) is 0 Å². The average molecular weight is 284 g/mol. The number of amides is 1. The van der Waals surface area contributed by atoms with Crippen molar-refractivity contribution in [3.63, 3.8) is 0 Å². The first-order valence-electron chi connectivity index (χ1n) is 6.22. The zero-order chi connectivity index (χ0) is 14.3. The number of unbranched alkanes of at least 4 members (excludes halogenated alkanes) is 1. The smallest absolute Gasteiger partial charge is 0.328 e. The quantitative estimate of drug-likeness (QED) is 0.817. The van der Waals surface area contributed by atoms with E-state index in [4.69, 9.17) is 16.3 Å². The molecule has 19 heavy (non-hydrogen) atoms. The summed E-state index contributed by atoms with van der Waals surface area (Å²) in [6.45, 7) is 2.02. The highest BCUT2D eigenvalue weighted by Gasteiger charge is 2.21. The van der Waals surface area contributed by atoms with Crippen molar-refractivity contribution >= 4 is 23.5 Å². The van der Waals surface area contributed by atoms with Crippen LogP contribution in [-0.4, -0.2) is 25.0 Å². The number of esters is 1. The summed E-state index contributed by atoms with van der Waals surface area (Å²) < 4.78 is 4.69. The average Bonchev–Trinajstić information content (AvgIpc) is 2.43. The van der Waals surface area contributed by atoms with Gasteiger partial charge in [-0.1, -0.05) is 31.4 Å². The topological polar surface area (TPSA) is 55.4 Å². The lowest BCUT2D eigenvalue weighted by Crippen LogP contribution is -2.41. The number of methoxy groups -OCH3 is 1. The fourth-order valence-electron chi connectivity index (χ4n) is 1.64. The van der Waals surface area contributed by atoms with Crippen molar-refractivity contribution < 1.29 is 14.3 Å². The Balaban J connectivity index is 2.69. The minimum atomic E-state index is -0.604. The van der Waals surface area contributed by atoms with Crippen LogP contribution >= 0.6 is 11.6 Å². The maximum atomic E-state index is 12.0. The maximum absolute atomic E-state index is 12.0. The van der Waals surface area contributed by atoms with Crippen molar-refractivity contribution in [1.29, 1.82) is 0 Å². The number of hydrogen-bond donors (Lipinski definition) is 1. The first-order chi connectivity index (χ1) is 9.08. The van der Waals surface area contributed by atoms with Gasteiger partial charge in [-0.2, -0.15) is 0 Å². The number of halogens is 1. The fourth-order valence-corrected chi connectivity index (χ4v) is 1.77. The molecule has 0 saturated heterocycles. The predicted molar refractivity (Wildman–Crippen MR) is 74.2 cm³/mol. The molecule has 0 aliphatic heterocycles. The third-order valence-corrected chi connectivity index (χ3v) is 3.00. The Morgan fingerprint density at radius 2 is 1.95 bits per heavy atom. The van der Waals surface area contributed by atoms with Gasteiger partial charge >= 0.3 is 5.97 Å². The fraction of sp³-hybridized carbons (Fsp3) is 0.429. The van der Waals surface area contributed by atoms with Crippen LogP contribution in [0.2, 0.25) is 5.02 Å². The van der Waals surface area contributed by atoms with E-state index in [-0.39, 0.29) is 5.91 Å². The number of carbonyl (C=O) groups excluding carboxylic acids is 2. The van der Waals surface area contributed by atoms with E-state index in [1.54, 1.807) is 24.3 Å². The molecule has 1 atom stereocenters. The molecule has 0 radical (unpaired) electrons. The monoisotopic (exact) mass is 283 g/mol. The molecule has 5 heteroatoms. The van der Waals surface area contributed by atoms with Crippen molar-refractivity contribution in [2.24, 2.45) is 0 Å². The highest BCUT2D eigenvalue weighted by molar-refractivity contribution is 6.30. The van der Waals surface area contributed by atoms with Crippen LogP contribution in [0.3, 0.4) is 0 Å². The Hall–Kier alpha value is -1.55. The highest BCUT2D eigenvalue weighted by Crippen LogP contribution is 2.10. The molecule has 0 saturated carbocycles. The zero-order valence-corrected chi connectivity index (χ0v) is 11.9. The summed E-state index contributed by atoms with van der Waals surface area (Å²) in [4.78, 5) is 23.6. The second-order valence-corrected chi connectivity index (χ2v) is 4.63. The van der Waals surface area contributed by atoms with Crippen LogP contribution in [0.4, 0.5) is 0 Å². The highest BCUT2D eigenvalue weighted by atomic mass is 35.5. The summed E-state index contributed by atoms with van der Waals surface area (Å²) in [5.41, 5.74) is 0.467. The zero-order valence-electron chi connectivity index (χ0n) is 11.1. The molecule has 1 amide bonds. The van der Waals surface area contributed by atoms with E-state index in [0.29, 0.717) is 17.0 Å². The summed E-state index contributed by atoms with van der Waals surface area (Å²) in [6, 6.07) is 5.90. The standard InChI is InChI=1S/C14H18ClNO3/c1-3-4-5-12(14(18)19-2)16-13(17)10-6-8-11(15)9-7-10/h6-9,12H,3-5H2,1-2H3,(H,16,17)/t12-/m1/s1. The van der Waals surface area contributed by atoms with Crippen LogP contribution in [-0.2, 0) is 9.53 Å². The summed E-state index contributed by atoms with van der Waals surface area (Å²) in [5, 5.41) is 3.24. The third-order valence-electron chi connectivity index (χ3n) is 2.74. The molecule has 4 nitrogen and oxygen atoms in total. The maximum Gasteiger partial charge on any atom is 0.328 e. The molecule has 0 aliphatic rings. The van der Waals surface area contributed by atoms with E-state index in [2.05, 4.69) is 5.32 Å². The predicted octanol–water partition coefficient (Wildman–Crippen LogP) is 2.80. The molecule has 104 valence electrons. The summed E-state index contributed by atoms with van der Waals surface area (Å²) in [6.07, 6.45) is 2.37. The van der Waals surface area contributed by atoms with Gasteiger partial charge < -0.3 is 10.1 Å². The van der Waals surface area contributed by atoms with Crippen LogP contribution in [0.1, 0.15) is 36.5 Å². The Morgan fingerprint density at radius 3 is 2.47 bits per heavy atom. The van der Waals surface area contributed by atoms with Gasteiger partial charge in [0.1, 0.15) is 6.04 Å². The summed E-state index contributed by atoms with van der Waals surface area (Å²) in [7, 11) is 1.32. The van der Waals surface area contributed by atoms with Gasteiger partial charge in [0.25, 0.3) is 5.91 Å². The van der Waals surface area contributed by atoms with Gasteiger partial charge in [-0.05, 0) is 30.7 Å². The molecular formula is C14H18ClNO3. The van der Waals surface area contributed by atoms with E-state index < -0.39 is 12.0 Å². The first-order valence-corrected chi connectivity index (χ1v) is 6.60. The number of benzene rings is 1. The van der Waals surface area contributed by atoms with Gasteiger partial charge in [-0.3, -0.25) is 4.79 Å². The summed E-state index contributed by atoms with van der Waals surface area (Å²) in [5.74, 6) is -0.723. The van der Waals surface area contributed by atoms with Gasteiger partial charge in [0.2, 0.25) is 0 Å². The van der Waals surface area contributed by atoms with Gasteiger partial charge in [0, 0.05) is 10.6 Å². The molecule has 0 bridgehead atoms. The molecular weight excluding hydrogens is 266 g/mol. The molecule has 0 heterocycles. The summed E-state index contributed by atoms with van der Waals surface area (Å²) >= 11 is 5.76. The van der Waals surface area contributed by atoms with Gasteiger partial charge in [-0.25, -0.2) is 4.79 Å². The molecule has 0 spiro atoms. The van der Waals surface area contributed by atoms with E-state index in [9.17, 15) is 9.59 Å². The van der Waals surface area contributed by atoms with Gasteiger partial charge in [-0.15, -0.1) is 0 Å². The lowest BCUT2D eigenvalue weighted by molar-refractivity contribution is -0.143. The van der Waals surface area contributed by atoms with Crippen molar-refractivity contribution in [2.75, 3.05) is 7.11 Å². The largest absolute Gasteiger partial charge is 0.467 e. The number of rotatable bonds is 6. The third kappa shape index (κ3) is 4.91. The van der Waals surface area contributed by atoms with Crippen molar-refractivity contribution in [2.45, 2.75) is 32.2 Å². The Labute approximate surface area is 118 Å². The van der Waals surface area contributed by atoms with Crippen LogP contribution in [0, 0.1) is 0 Å². The normalized spacial score (nSPS) is 11.7. The second-order valence-electron chi connectivity index (χ2n) is 4.20. The van der Waals surface area contributed by atoms with Crippen molar-refractivity contribution in [3.8, 4) is 0 Å². The van der Waals surface area contributed by atoms with E-state index >= 15 is 0 Å². The van der Waals surface area contributed by atoms with E-state index in [1.165, 1.54) is 7.11 Å². The second kappa shape index (κ2) is 7.79. The van der Waals surface area contributed by atoms with Crippen molar-refractivity contribution in [3.05, 3.63) is 34.9 Å². The lowest BCUT2D eigenvalue weighted by atomic mass is 10.1.